The van der Waals surface area contributed by atoms with Crippen LogP contribution in [-0.2, 0) is 6.54 Å². The third kappa shape index (κ3) is 2.72. The van der Waals surface area contributed by atoms with Crippen molar-refractivity contribution in [1.82, 2.24) is 9.78 Å². The topological polar surface area (TPSA) is 34.9 Å². The highest BCUT2D eigenvalue weighted by molar-refractivity contribution is 9.10. The van der Waals surface area contributed by atoms with Crippen molar-refractivity contribution in [2.75, 3.05) is 0 Å². The average Bonchev–Trinajstić information content (AvgIpc) is 2.58. The number of carbonyl (C=O) groups is 1. The van der Waals surface area contributed by atoms with E-state index in [1.165, 1.54) is 0 Å². The maximum atomic E-state index is 12.1. The van der Waals surface area contributed by atoms with Gasteiger partial charge in [-0.1, -0.05) is 28.1 Å². The van der Waals surface area contributed by atoms with Crippen molar-refractivity contribution in [3.8, 4) is 0 Å². The van der Waals surface area contributed by atoms with Gasteiger partial charge < -0.3 is 0 Å². The molecule has 2 rings (SSSR count). The highest BCUT2D eigenvalue weighted by Gasteiger charge is 2.13. The van der Waals surface area contributed by atoms with Gasteiger partial charge in [-0.05, 0) is 41.9 Å². The molecule has 0 fully saturated rings. The summed E-state index contributed by atoms with van der Waals surface area (Å²) in [7, 11) is 0. The van der Waals surface area contributed by atoms with Gasteiger partial charge in [-0.15, -0.1) is 0 Å². The summed E-state index contributed by atoms with van der Waals surface area (Å²) in [5.74, 6) is 0.0561. The van der Waals surface area contributed by atoms with Crippen LogP contribution in [0.4, 0.5) is 0 Å². The summed E-state index contributed by atoms with van der Waals surface area (Å²) in [5, 5.41) is 4.33. The monoisotopic (exact) mass is 370 g/mol. The number of aromatic nitrogens is 2. The standard InChI is InChI=1S/C13H12Br2N2O/c1-8-13(15)9(2)17(16-8)7-12(18)10-3-5-11(14)6-4-10/h3-6H,7H2,1-2H3. The zero-order valence-electron chi connectivity index (χ0n) is 10.1. The van der Waals surface area contributed by atoms with Crippen LogP contribution in [0.2, 0.25) is 0 Å². The molecule has 0 radical (unpaired) electrons. The first kappa shape index (κ1) is 13.5. The zero-order chi connectivity index (χ0) is 13.3. The van der Waals surface area contributed by atoms with Crippen molar-refractivity contribution in [2.24, 2.45) is 0 Å². The highest BCUT2D eigenvalue weighted by Crippen LogP contribution is 2.20. The van der Waals surface area contributed by atoms with Gasteiger partial charge in [0.15, 0.2) is 5.78 Å². The van der Waals surface area contributed by atoms with Crippen molar-refractivity contribution in [2.45, 2.75) is 20.4 Å². The lowest BCUT2D eigenvalue weighted by molar-refractivity contribution is 0.0966. The predicted molar refractivity (Wildman–Crippen MR) is 77.9 cm³/mol. The van der Waals surface area contributed by atoms with E-state index in [-0.39, 0.29) is 12.3 Å². The summed E-state index contributed by atoms with van der Waals surface area (Å²) in [4.78, 5) is 12.1. The lowest BCUT2D eigenvalue weighted by Gasteiger charge is -2.04. The molecule has 0 aliphatic rings. The molecule has 0 unspecified atom stereocenters. The smallest absolute Gasteiger partial charge is 0.184 e. The lowest BCUT2D eigenvalue weighted by Crippen LogP contribution is -2.13. The van der Waals surface area contributed by atoms with Gasteiger partial charge in [0.1, 0.15) is 6.54 Å². The van der Waals surface area contributed by atoms with Gasteiger partial charge in [-0.2, -0.15) is 5.10 Å². The molecule has 94 valence electrons. The second kappa shape index (κ2) is 5.36. The van der Waals surface area contributed by atoms with Gasteiger partial charge in [0, 0.05) is 10.0 Å². The van der Waals surface area contributed by atoms with Crippen LogP contribution in [0.25, 0.3) is 0 Å². The Bertz CT molecular complexity index is 588. The van der Waals surface area contributed by atoms with Crippen molar-refractivity contribution in [3.05, 3.63) is 50.2 Å². The molecule has 0 saturated carbocycles. The van der Waals surface area contributed by atoms with Crippen LogP contribution in [0, 0.1) is 13.8 Å². The fourth-order valence-corrected chi connectivity index (χ4v) is 2.24. The van der Waals surface area contributed by atoms with Crippen LogP contribution < -0.4 is 0 Å². The van der Waals surface area contributed by atoms with Crippen LogP contribution in [0.5, 0.6) is 0 Å². The van der Waals surface area contributed by atoms with Crippen LogP contribution in [0.15, 0.2) is 33.2 Å². The molecule has 0 aliphatic heterocycles. The molecule has 0 N–H and O–H groups in total. The maximum absolute atomic E-state index is 12.1. The molecule has 5 heteroatoms. The number of rotatable bonds is 3. The number of hydrogen-bond donors (Lipinski definition) is 0. The molecule has 0 amide bonds. The number of aryl methyl sites for hydroxylation is 1. The van der Waals surface area contributed by atoms with E-state index in [4.69, 9.17) is 0 Å². The molecule has 18 heavy (non-hydrogen) atoms. The van der Waals surface area contributed by atoms with E-state index >= 15 is 0 Å². The Morgan fingerprint density at radius 3 is 2.33 bits per heavy atom. The maximum Gasteiger partial charge on any atom is 0.184 e. The first-order valence-corrected chi connectivity index (χ1v) is 7.06. The normalized spacial score (nSPS) is 10.7. The predicted octanol–water partition coefficient (Wildman–Crippen LogP) is 3.91. The Morgan fingerprint density at radius 2 is 1.83 bits per heavy atom. The second-order valence-corrected chi connectivity index (χ2v) is 5.78. The van der Waals surface area contributed by atoms with E-state index in [0.29, 0.717) is 5.56 Å². The number of Topliss-reactive ketones (excluding diaryl/α,β-unsaturated/α-hetero) is 1. The minimum atomic E-state index is 0.0561. The van der Waals surface area contributed by atoms with E-state index in [1.54, 1.807) is 4.68 Å². The fraction of sp³-hybridized carbons (Fsp3) is 0.231. The summed E-state index contributed by atoms with van der Waals surface area (Å²) in [5.41, 5.74) is 2.57. The van der Waals surface area contributed by atoms with E-state index < -0.39 is 0 Å². The van der Waals surface area contributed by atoms with Crippen molar-refractivity contribution < 1.29 is 4.79 Å². The van der Waals surface area contributed by atoms with Gasteiger partial charge in [0.2, 0.25) is 0 Å². The summed E-state index contributed by atoms with van der Waals surface area (Å²) < 4.78 is 3.66. The SMILES string of the molecule is Cc1nn(CC(=O)c2ccc(Br)cc2)c(C)c1Br. The summed E-state index contributed by atoms with van der Waals surface area (Å²) in [6.45, 7) is 4.12. The molecule has 0 bridgehead atoms. The van der Waals surface area contributed by atoms with E-state index in [1.807, 2.05) is 38.1 Å². The molecule has 1 heterocycles. The first-order chi connectivity index (χ1) is 8.49. The number of carbonyl (C=O) groups excluding carboxylic acids is 1. The minimum absolute atomic E-state index is 0.0561. The van der Waals surface area contributed by atoms with E-state index in [2.05, 4.69) is 37.0 Å². The molecule has 0 spiro atoms. The largest absolute Gasteiger partial charge is 0.292 e. The van der Waals surface area contributed by atoms with E-state index in [0.717, 1.165) is 20.3 Å². The number of nitrogens with zero attached hydrogens (tertiary/aromatic N) is 2. The van der Waals surface area contributed by atoms with Crippen molar-refractivity contribution >= 4 is 37.6 Å². The highest BCUT2D eigenvalue weighted by atomic mass is 79.9. The molecule has 3 nitrogen and oxygen atoms in total. The summed E-state index contributed by atoms with van der Waals surface area (Å²) in [6, 6.07) is 7.36. The minimum Gasteiger partial charge on any atom is -0.292 e. The number of ketones is 1. The Labute approximate surface area is 122 Å². The summed E-state index contributed by atoms with van der Waals surface area (Å²) in [6.07, 6.45) is 0. The van der Waals surface area contributed by atoms with Gasteiger partial charge >= 0.3 is 0 Å². The van der Waals surface area contributed by atoms with Gasteiger partial charge in [-0.25, -0.2) is 0 Å². The second-order valence-electron chi connectivity index (χ2n) is 4.07. The van der Waals surface area contributed by atoms with Gasteiger partial charge in [-0.3, -0.25) is 9.48 Å². The Hall–Kier alpha value is -0.940. The van der Waals surface area contributed by atoms with Crippen LogP contribution in [0.3, 0.4) is 0 Å². The Balaban J connectivity index is 2.21. The third-order valence-corrected chi connectivity index (χ3v) is 4.43. The van der Waals surface area contributed by atoms with Crippen LogP contribution in [-0.4, -0.2) is 15.6 Å². The number of hydrogen-bond acceptors (Lipinski definition) is 2. The summed E-state index contributed by atoms with van der Waals surface area (Å²) >= 11 is 6.81. The van der Waals surface area contributed by atoms with E-state index in [9.17, 15) is 4.79 Å². The lowest BCUT2D eigenvalue weighted by atomic mass is 10.1. The molecular weight excluding hydrogens is 360 g/mol. The van der Waals surface area contributed by atoms with Crippen molar-refractivity contribution in [1.29, 1.82) is 0 Å². The molecule has 0 atom stereocenters. The molecule has 1 aromatic heterocycles. The quantitative estimate of drug-likeness (QED) is 0.766. The number of benzene rings is 1. The van der Waals surface area contributed by atoms with Gasteiger partial charge in [0.25, 0.3) is 0 Å². The molecule has 2 aromatic rings. The molecule has 0 aliphatic carbocycles. The Kier molecular flexibility index (Phi) is 4.02. The number of halogens is 2. The molecular formula is C13H12Br2N2O. The molecule has 0 saturated heterocycles. The first-order valence-electron chi connectivity index (χ1n) is 5.47. The Morgan fingerprint density at radius 1 is 1.22 bits per heavy atom. The fourth-order valence-electron chi connectivity index (χ4n) is 1.69. The van der Waals surface area contributed by atoms with Crippen LogP contribution in [0.1, 0.15) is 21.7 Å². The molecule has 1 aromatic carbocycles. The van der Waals surface area contributed by atoms with Crippen LogP contribution >= 0.6 is 31.9 Å². The van der Waals surface area contributed by atoms with Crippen molar-refractivity contribution in [3.63, 3.8) is 0 Å². The zero-order valence-corrected chi connectivity index (χ0v) is 13.2. The van der Waals surface area contributed by atoms with Gasteiger partial charge in [0.05, 0.1) is 15.9 Å². The third-order valence-electron chi connectivity index (χ3n) is 2.75. The average molecular weight is 372 g/mol.